The number of carbonyl (C=O) groups excluding carboxylic acids is 4. The molecular formula is C26H30N2O6. The summed E-state index contributed by atoms with van der Waals surface area (Å²) in [7, 11) is 2.69. The molecular weight excluding hydrogens is 436 g/mol. The largest absolute Gasteiger partial charge is 0.492 e. The number of carbonyl (C=O) groups is 4. The van der Waals surface area contributed by atoms with E-state index in [4.69, 9.17) is 9.47 Å². The summed E-state index contributed by atoms with van der Waals surface area (Å²) in [6.07, 6.45) is 7.84. The van der Waals surface area contributed by atoms with E-state index < -0.39 is 17.9 Å². The van der Waals surface area contributed by atoms with Crippen LogP contribution in [0.25, 0.3) is 0 Å². The molecule has 0 bridgehead atoms. The van der Waals surface area contributed by atoms with Crippen molar-refractivity contribution in [1.29, 1.82) is 0 Å². The van der Waals surface area contributed by atoms with Crippen molar-refractivity contribution in [3.63, 3.8) is 0 Å². The number of imide groups is 1. The van der Waals surface area contributed by atoms with Crippen LogP contribution in [-0.4, -0.2) is 38.4 Å². The quantitative estimate of drug-likeness (QED) is 0.208. The Hall–Kier alpha value is -3.94. The van der Waals surface area contributed by atoms with E-state index in [9.17, 15) is 19.2 Å². The molecule has 3 amide bonds. The smallest absolute Gasteiger partial charge is 0.337 e. The van der Waals surface area contributed by atoms with Crippen LogP contribution in [0.2, 0.25) is 0 Å². The molecule has 0 spiro atoms. The predicted molar refractivity (Wildman–Crippen MR) is 128 cm³/mol. The van der Waals surface area contributed by atoms with Gasteiger partial charge >= 0.3 is 12.0 Å². The van der Waals surface area contributed by atoms with Gasteiger partial charge in [-0.1, -0.05) is 56.7 Å². The number of urea groups is 1. The van der Waals surface area contributed by atoms with Crippen LogP contribution in [0.15, 0.2) is 71.0 Å². The highest BCUT2D eigenvalue weighted by Crippen LogP contribution is 2.34. The maximum absolute atomic E-state index is 12.3. The first kappa shape index (κ1) is 26.3. The van der Waals surface area contributed by atoms with E-state index in [0.29, 0.717) is 29.6 Å². The summed E-state index contributed by atoms with van der Waals surface area (Å²) in [5.74, 6) is -0.673. The van der Waals surface area contributed by atoms with Gasteiger partial charge in [0.15, 0.2) is 6.29 Å². The van der Waals surface area contributed by atoms with E-state index in [0.717, 1.165) is 11.1 Å². The highest BCUT2D eigenvalue weighted by Gasteiger charge is 2.22. The number of benzene rings is 1. The second-order valence-corrected chi connectivity index (χ2v) is 8.58. The molecule has 180 valence electrons. The molecule has 0 atom stereocenters. The Morgan fingerprint density at radius 2 is 1.79 bits per heavy atom. The Balaban J connectivity index is 2.37. The van der Waals surface area contributed by atoms with E-state index in [1.54, 1.807) is 30.3 Å². The van der Waals surface area contributed by atoms with Gasteiger partial charge in [-0.3, -0.25) is 14.9 Å². The second kappa shape index (κ2) is 11.8. The van der Waals surface area contributed by atoms with Crippen LogP contribution in [0.1, 0.15) is 43.1 Å². The summed E-state index contributed by atoms with van der Waals surface area (Å²) < 4.78 is 10.9. The Morgan fingerprint density at radius 1 is 1.12 bits per heavy atom. The molecule has 2 rings (SSSR count). The molecule has 0 fully saturated rings. The van der Waals surface area contributed by atoms with Gasteiger partial charge in [-0.25, -0.2) is 9.59 Å². The molecule has 0 saturated carbocycles. The summed E-state index contributed by atoms with van der Waals surface area (Å²) in [5.41, 5.74) is 2.55. The van der Waals surface area contributed by atoms with Gasteiger partial charge in [-0.2, -0.15) is 0 Å². The standard InChI is InChI=1S/C26H30N2O6/c1-26(2,3)21-8-6-7-19(13-20(15-29)23(30)28-25(32)27-4)22(14-21)34-16-17-9-11-18(12-10-17)24(31)33-5/h6-13,15H,14,16H2,1-5H3,(H2,27,28,30,32)/b20-13+. The topological polar surface area (TPSA) is 111 Å². The normalized spacial score (nSPS) is 14.0. The lowest BCUT2D eigenvalue weighted by atomic mass is 9.84. The van der Waals surface area contributed by atoms with Crippen molar-refractivity contribution in [2.45, 2.75) is 33.8 Å². The molecule has 34 heavy (non-hydrogen) atoms. The molecule has 0 saturated heterocycles. The summed E-state index contributed by atoms with van der Waals surface area (Å²) in [5, 5.41) is 4.35. The lowest BCUT2D eigenvalue weighted by Crippen LogP contribution is -2.38. The Bertz CT molecular complexity index is 1070. The third-order valence-corrected chi connectivity index (χ3v) is 5.15. The van der Waals surface area contributed by atoms with Crippen molar-refractivity contribution >= 4 is 24.2 Å². The van der Waals surface area contributed by atoms with Gasteiger partial charge in [0.25, 0.3) is 5.91 Å². The lowest BCUT2D eigenvalue weighted by Gasteiger charge is -2.24. The van der Waals surface area contributed by atoms with Crippen LogP contribution in [0.4, 0.5) is 4.79 Å². The zero-order valence-electron chi connectivity index (χ0n) is 20.1. The number of rotatable bonds is 7. The number of ether oxygens (including phenoxy) is 2. The average Bonchev–Trinajstić information content (AvgIpc) is 3.02. The molecule has 1 aromatic rings. The highest BCUT2D eigenvalue weighted by atomic mass is 16.5. The van der Waals surface area contributed by atoms with Crippen LogP contribution < -0.4 is 10.6 Å². The van der Waals surface area contributed by atoms with Gasteiger partial charge in [-0.05, 0) is 29.2 Å². The third-order valence-electron chi connectivity index (χ3n) is 5.15. The number of allylic oxidation sites excluding steroid dienone is 6. The number of hydrogen-bond donors (Lipinski definition) is 2. The lowest BCUT2D eigenvalue weighted by molar-refractivity contribution is -0.118. The zero-order valence-corrected chi connectivity index (χ0v) is 20.1. The second-order valence-electron chi connectivity index (χ2n) is 8.58. The van der Waals surface area contributed by atoms with Crippen LogP contribution in [0.3, 0.4) is 0 Å². The average molecular weight is 467 g/mol. The maximum Gasteiger partial charge on any atom is 0.337 e. The fourth-order valence-corrected chi connectivity index (χ4v) is 3.06. The van der Waals surface area contributed by atoms with E-state index in [1.807, 2.05) is 12.2 Å². The van der Waals surface area contributed by atoms with Crippen molar-refractivity contribution < 1.29 is 28.7 Å². The molecule has 0 aliphatic heterocycles. The van der Waals surface area contributed by atoms with E-state index in [-0.39, 0.29) is 17.6 Å². The molecule has 8 nitrogen and oxygen atoms in total. The predicted octanol–water partition coefficient (Wildman–Crippen LogP) is 3.76. The third kappa shape index (κ3) is 7.30. The summed E-state index contributed by atoms with van der Waals surface area (Å²) in [4.78, 5) is 47.0. The number of amides is 3. The number of methoxy groups -OCH3 is 1. The van der Waals surface area contributed by atoms with Crippen molar-refractivity contribution in [1.82, 2.24) is 10.6 Å². The van der Waals surface area contributed by atoms with Gasteiger partial charge in [0.1, 0.15) is 12.4 Å². The van der Waals surface area contributed by atoms with E-state index in [2.05, 4.69) is 31.4 Å². The summed E-state index contributed by atoms with van der Waals surface area (Å²) >= 11 is 0. The maximum atomic E-state index is 12.3. The fraction of sp³-hybridized carbons (Fsp3) is 0.308. The van der Waals surface area contributed by atoms with Crippen molar-refractivity contribution in [3.8, 4) is 0 Å². The summed E-state index contributed by atoms with van der Waals surface area (Å²) in [6.45, 7) is 6.47. The number of nitrogens with one attached hydrogen (secondary N) is 2. The molecule has 1 aromatic carbocycles. The van der Waals surface area contributed by atoms with Gasteiger partial charge in [-0.15, -0.1) is 0 Å². The van der Waals surface area contributed by atoms with Crippen molar-refractivity contribution in [3.05, 3.63) is 82.2 Å². The first-order valence-electron chi connectivity index (χ1n) is 10.7. The van der Waals surface area contributed by atoms with Crippen LogP contribution >= 0.6 is 0 Å². The van der Waals surface area contributed by atoms with Crippen molar-refractivity contribution in [2.75, 3.05) is 14.2 Å². The minimum Gasteiger partial charge on any atom is -0.492 e. The van der Waals surface area contributed by atoms with Crippen molar-refractivity contribution in [2.24, 2.45) is 5.41 Å². The molecule has 0 unspecified atom stereocenters. The van der Waals surface area contributed by atoms with E-state index in [1.165, 1.54) is 20.2 Å². The van der Waals surface area contributed by atoms with Gasteiger partial charge < -0.3 is 14.8 Å². The SMILES string of the molecule is CNC(=O)NC(=O)/C(C=O)=C/C1=C(OCc2ccc(C(=O)OC)cc2)CC(C(C)(C)C)=CC=C1. The molecule has 1 aliphatic rings. The minimum absolute atomic E-state index is 0.135. The Labute approximate surface area is 199 Å². The molecule has 0 heterocycles. The number of esters is 1. The Morgan fingerprint density at radius 3 is 2.35 bits per heavy atom. The minimum atomic E-state index is -0.818. The van der Waals surface area contributed by atoms with Crippen LogP contribution in [-0.2, 0) is 25.7 Å². The molecule has 8 heteroatoms. The first-order valence-corrected chi connectivity index (χ1v) is 10.7. The Kier molecular flexibility index (Phi) is 9.12. The summed E-state index contributed by atoms with van der Waals surface area (Å²) in [6, 6.07) is 6.12. The first-order chi connectivity index (χ1) is 16.1. The van der Waals surface area contributed by atoms with Crippen LogP contribution in [0, 0.1) is 5.41 Å². The van der Waals surface area contributed by atoms with Gasteiger partial charge in [0.2, 0.25) is 0 Å². The van der Waals surface area contributed by atoms with Gasteiger partial charge in [0, 0.05) is 19.0 Å². The number of hydrogen-bond acceptors (Lipinski definition) is 6. The zero-order chi connectivity index (χ0) is 25.3. The molecule has 0 radical (unpaired) electrons. The van der Waals surface area contributed by atoms with E-state index >= 15 is 0 Å². The van der Waals surface area contributed by atoms with Gasteiger partial charge in [0.05, 0.1) is 18.2 Å². The molecule has 1 aliphatic carbocycles. The van der Waals surface area contributed by atoms with Crippen LogP contribution in [0.5, 0.6) is 0 Å². The fourth-order valence-electron chi connectivity index (χ4n) is 3.06. The molecule has 0 aromatic heterocycles. The molecule has 2 N–H and O–H groups in total. The monoisotopic (exact) mass is 466 g/mol. The number of aldehydes is 1. The highest BCUT2D eigenvalue weighted by molar-refractivity contribution is 6.15.